The first-order chi connectivity index (χ1) is 8.66. The van der Waals surface area contributed by atoms with E-state index in [1.165, 1.54) is 6.26 Å². The van der Waals surface area contributed by atoms with Gasteiger partial charge in [0.15, 0.2) is 5.76 Å². The molecule has 0 saturated heterocycles. The van der Waals surface area contributed by atoms with Crippen LogP contribution in [0, 0.1) is 0 Å². The normalized spacial score (nSPS) is 10.1. The van der Waals surface area contributed by atoms with Crippen molar-refractivity contribution in [3.63, 3.8) is 0 Å². The van der Waals surface area contributed by atoms with E-state index in [2.05, 4.69) is 10.3 Å². The van der Waals surface area contributed by atoms with Crippen LogP contribution in [0.2, 0.25) is 0 Å². The summed E-state index contributed by atoms with van der Waals surface area (Å²) in [7, 11) is 3.86. The Morgan fingerprint density at radius 2 is 2.22 bits per heavy atom. The summed E-state index contributed by atoms with van der Waals surface area (Å²) in [6, 6.07) is 7.16. The Morgan fingerprint density at radius 3 is 2.78 bits per heavy atom. The quantitative estimate of drug-likeness (QED) is 0.890. The van der Waals surface area contributed by atoms with Gasteiger partial charge in [-0.2, -0.15) is 0 Å². The van der Waals surface area contributed by atoms with Crippen LogP contribution in [-0.4, -0.2) is 25.0 Å². The van der Waals surface area contributed by atoms with E-state index >= 15 is 0 Å². The number of carbonyl (C=O) groups excluding carboxylic acids is 1. The zero-order valence-corrected chi connectivity index (χ0v) is 10.4. The third-order valence-corrected chi connectivity index (χ3v) is 2.47. The molecular formula is C13H15N3O2. The van der Waals surface area contributed by atoms with Crippen LogP contribution < -0.4 is 10.2 Å². The van der Waals surface area contributed by atoms with Gasteiger partial charge in [0.05, 0.1) is 6.26 Å². The molecule has 5 nitrogen and oxygen atoms in total. The van der Waals surface area contributed by atoms with E-state index in [1.807, 2.05) is 31.1 Å². The molecule has 0 fully saturated rings. The van der Waals surface area contributed by atoms with E-state index in [0.717, 1.165) is 11.4 Å². The van der Waals surface area contributed by atoms with Crippen LogP contribution in [0.3, 0.4) is 0 Å². The minimum Gasteiger partial charge on any atom is -0.459 e. The number of nitrogens with zero attached hydrogens (tertiary/aromatic N) is 2. The Labute approximate surface area is 105 Å². The van der Waals surface area contributed by atoms with Crippen LogP contribution in [0.25, 0.3) is 0 Å². The highest BCUT2D eigenvalue weighted by Crippen LogP contribution is 2.08. The van der Waals surface area contributed by atoms with Crippen molar-refractivity contribution >= 4 is 11.7 Å². The van der Waals surface area contributed by atoms with Crippen LogP contribution in [0.5, 0.6) is 0 Å². The number of hydrogen-bond acceptors (Lipinski definition) is 4. The highest BCUT2D eigenvalue weighted by Gasteiger charge is 2.07. The van der Waals surface area contributed by atoms with Crippen molar-refractivity contribution in [1.29, 1.82) is 0 Å². The summed E-state index contributed by atoms with van der Waals surface area (Å²) in [5.74, 6) is 0.973. The minimum atomic E-state index is -0.225. The van der Waals surface area contributed by atoms with Gasteiger partial charge >= 0.3 is 0 Å². The summed E-state index contributed by atoms with van der Waals surface area (Å²) < 4.78 is 5.00. The summed E-state index contributed by atoms with van der Waals surface area (Å²) >= 11 is 0. The SMILES string of the molecule is CN(C)c1ccc(CNC(=O)c2ccco2)cn1. The smallest absolute Gasteiger partial charge is 0.287 e. The molecule has 2 rings (SSSR count). The van der Waals surface area contributed by atoms with Gasteiger partial charge in [0.25, 0.3) is 5.91 Å². The van der Waals surface area contributed by atoms with Gasteiger partial charge in [-0.05, 0) is 23.8 Å². The topological polar surface area (TPSA) is 58.4 Å². The minimum absolute atomic E-state index is 0.225. The molecule has 2 aromatic rings. The second-order valence-corrected chi connectivity index (χ2v) is 4.08. The lowest BCUT2D eigenvalue weighted by atomic mass is 10.2. The summed E-state index contributed by atoms with van der Waals surface area (Å²) in [5, 5.41) is 2.76. The summed E-state index contributed by atoms with van der Waals surface area (Å²) in [6.07, 6.45) is 3.22. The molecule has 1 amide bonds. The Hall–Kier alpha value is -2.30. The predicted octanol–water partition coefficient (Wildman–Crippen LogP) is 1.67. The Bertz CT molecular complexity index is 504. The number of carbonyl (C=O) groups is 1. The molecule has 2 aromatic heterocycles. The van der Waals surface area contributed by atoms with Crippen molar-refractivity contribution in [2.75, 3.05) is 19.0 Å². The van der Waals surface area contributed by atoms with Crippen molar-refractivity contribution in [3.8, 4) is 0 Å². The number of aromatic nitrogens is 1. The molecule has 0 bridgehead atoms. The van der Waals surface area contributed by atoms with Gasteiger partial charge in [0, 0.05) is 26.8 Å². The monoisotopic (exact) mass is 245 g/mol. The van der Waals surface area contributed by atoms with Gasteiger partial charge in [-0.3, -0.25) is 4.79 Å². The molecule has 0 aliphatic heterocycles. The van der Waals surface area contributed by atoms with Crippen LogP contribution in [0.15, 0.2) is 41.1 Å². The molecule has 0 aromatic carbocycles. The summed E-state index contributed by atoms with van der Waals surface area (Å²) in [6.45, 7) is 0.431. The Balaban J connectivity index is 1.92. The van der Waals surface area contributed by atoms with Gasteiger partial charge in [-0.25, -0.2) is 4.98 Å². The maximum Gasteiger partial charge on any atom is 0.287 e. The molecule has 0 saturated carbocycles. The molecule has 0 radical (unpaired) electrons. The Kier molecular flexibility index (Phi) is 3.62. The van der Waals surface area contributed by atoms with Crippen LogP contribution in [0.4, 0.5) is 5.82 Å². The largest absolute Gasteiger partial charge is 0.459 e. The van der Waals surface area contributed by atoms with E-state index in [-0.39, 0.29) is 5.91 Å². The zero-order valence-electron chi connectivity index (χ0n) is 10.4. The fourth-order valence-electron chi connectivity index (χ4n) is 1.46. The number of furan rings is 1. The van der Waals surface area contributed by atoms with Crippen molar-refractivity contribution in [1.82, 2.24) is 10.3 Å². The fraction of sp³-hybridized carbons (Fsp3) is 0.231. The number of rotatable bonds is 4. The summed E-state index contributed by atoms with van der Waals surface area (Å²) in [5.41, 5.74) is 0.945. The van der Waals surface area contributed by atoms with Crippen molar-refractivity contribution in [2.24, 2.45) is 0 Å². The van der Waals surface area contributed by atoms with E-state index in [4.69, 9.17) is 4.42 Å². The molecule has 0 aliphatic carbocycles. The number of hydrogen-bond donors (Lipinski definition) is 1. The lowest BCUT2D eigenvalue weighted by molar-refractivity contribution is 0.0923. The third kappa shape index (κ3) is 2.88. The molecule has 0 atom stereocenters. The number of nitrogens with one attached hydrogen (secondary N) is 1. The average molecular weight is 245 g/mol. The molecular weight excluding hydrogens is 230 g/mol. The lowest BCUT2D eigenvalue weighted by Gasteiger charge is -2.11. The third-order valence-electron chi connectivity index (χ3n) is 2.47. The van der Waals surface area contributed by atoms with Gasteiger partial charge in [0.2, 0.25) is 0 Å². The number of anilines is 1. The van der Waals surface area contributed by atoms with Crippen LogP contribution >= 0.6 is 0 Å². The average Bonchev–Trinajstić information content (AvgIpc) is 2.90. The maximum atomic E-state index is 11.6. The zero-order chi connectivity index (χ0) is 13.0. The second-order valence-electron chi connectivity index (χ2n) is 4.08. The van der Waals surface area contributed by atoms with Gasteiger partial charge < -0.3 is 14.6 Å². The second kappa shape index (κ2) is 5.35. The standard InChI is InChI=1S/C13H15N3O2/c1-16(2)12-6-5-10(8-14-12)9-15-13(17)11-4-3-7-18-11/h3-8H,9H2,1-2H3,(H,15,17). The first kappa shape index (κ1) is 12.2. The van der Waals surface area contributed by atoms with Crippen LogP contribution in [0.1, 0.15) is 16.1 Å². The van der Waals surface area contributed by atoms with Crippen molar-refractivity contribution < 1.29 is 9.21 Å². The number of amides is 1. The first-order valence-corrected chi connectivity index (χ1v) is 5.61. The lowest BCUT2D eigenvalue weighted by Crippen LogP contribution is -2.22. The van der Waals surface area contributed by atoms with E-state index in [1.54, 1.807) is 18.3 Å². The van der Waals surface area contributed by atoms with Gasteiger partial charge in [0.1, 0.15) is 5.82 Å². The Morgan fingerprint density at radius 1 is 1.39 bits per heavy atom. The maximum absolute atomic E-state index is 11.6. The fourth-order valence-corrected chi connectivity index (χ4v) is 1.46. The molecule has 18 heavy (non-hydrogen) atoms. The van der Waals surface area contributed by atoms with Gasteiger partial charge in [-0.15, -0.1) is 0 Å². The van der Waals surface area contributed by atoms with Gasteiger partial charge in [-0.1, -0.05) is 6.07 Å². The molecule has 1 N–H and O–H groups in total. The van der Waals surface area contributed by atoms with E-state index in [0.29, 0.717) is 12.3 Å². The molecule has 0 aliphatic rings. The molecule has 5 heteroatoms. The molecule has 94 valence electrons. The highest BCUT2D eigenvalue weighted by molar-refractivity contribution is 5.91. The van der Waals surface area contributed by atoms with Crippen molar-refractivity contribution in [3.05, 3.63) is 48.0 Å². The molecule has 2 heterocycles. The van der Waals surface area contributed by atoms with E-state index in [9.17, 15) is 4.79 Å². The van der Waals surface area contributed by atoms with Crippen molar-refractivity contribution in [2.45, 2.75) is 6.54 Å². The molecule has 0 spiro atoms. The predicted molar refractivity (Wildman–Crippen MR) is 68.4 cm³/mol. The highest BCUT2D eigenvalue weighted by atomic mass is 16.3. The number of pyridine rings is 1. The molecule has 0 unspecified atom stereocenters. The summed E-state index contributed by atoms with van der Waals surface area (Å²) in [4.78, 5) is 17.8. The van der Waals surface area contributed by atoms with Crippen LogP contribution in [-0.2, 0) is 6.54 Å². The van der Waals surface area contributed by atoms with E-state index < -0.39 is 0 Å². The first-order valence-electron chi connectivity index (χ1n) is 5.61.